The molecule has 35 heavy (non-hydrogen) atoms. The highest BCUT2D eigenvalue weighted by Gasteiger charge is 2.37. The fourth-order valence-electron chi connectivity index (χ4n) is 3.90. The number of nitrogens with one attached hydrogen (secondary N) is 1. The molecule has 2 aliphatic rings. The lowest BCUT2D eigenvalue weighted by Gasteiger charge is -2.27. The number of anilines is 2. The molecule has 184 valence electrons. The first kappa shape index (κ1) is 24.7. The number of carbonyl (C=O) groups excluding carboxylic acids is 3. The van der Waals surface area contributed by atoms with Crippen molar-refractivity contribution in [1.82, 2.24) is 4.90 Å². The van der Waals surface area contributed by atoms with E-state index in [1.165, 1.54) is 11.0 Å². The number of carbonyl (C=O) groups is 3. The Morgan fingerprint density at radius 3 is 2.57 bits per heavy atom. The first-order chi connectivity index (χ1) is 16.9. The molecule has 0 spiro atoms. The molecule has 3 amide bonds. The topological polar surface area (TPSA) is 97.4 Å². The maximum atomic E-state index is 12.8. The first-order valence-corrected chi connectivity index (χ1v) is 11.5. The number of nitrogens with zero attached hydrogens (tertiary/aromatic N) is 2. The van der Waals surface area contributed by atoms with Crippen LogP contribution < -0.4 is 10.2 Å². The van der Waals surface area contributed by atoms with Crippen molar-refractivity contribution in [3.63, 3.8) is 0 Å². The second kappa shape index (κ2) is 11.4. The van der Waals surface area contributed by atoms with E-state index in [0.717, 1.165) is 11.3 Å². The van der Waals surface area contributed by atoms with Crippen molar-refractivity contribution < 1.29 is 28.6 Å². The van der Waals surface area contributed by atoms with E-state index in [4.69, 9.17) is 25.8 Å². The van der Waals surface area contributed by atoms with E-state index < -0.39 is 12.3 Å². The lowest BCUT2D eigenvalue weighted by Crippen LogP contribution is -2.41. The summed E-state index contributed by atoms with van der Waals surface area (Å²) in [7, 11) is 1.56. The lowest BCUT2D eigenvalue weighted by molar-refractivity contribution is -0.132. The number of ether oxygens (including phenoxy) is 3. The van der Waals surface area contributed by atoms with Crippen LogP contribution in [0.4, 0.5) is 16.2 Å². The molecule has 2 saturated heterocycles. The van der Waals surface area contributed by atoms with Gasteiger partial charge in [0, 0.05) is 42.5 Å². The van der Waals surface area contributed by atoms with Gasteiger partial charge >= 0.3 is 6.09 Å². The van der Waals surface area contributed by atoms with E-state index in [-0.39, 0.29) is 24.5 Å². The Labute approximate surface area is 208 Å². The van der Waals surface area contributed by atoms with Crippen LogP contribution in [0, 0.1) is 0 Å². The fourth-order valence-corrected chi connectivity index (χ4v) is 4.03. The monoisotopic (exact) mass is 499 g/mol. The summed E-state index contributed by atoms with van der Waals surface area (Å²) in [6.07, 6.45) is 1.76. The molecule has 10 heteroatoms. The highest BCUT2D eigenvalue weighted by atomic mass is 35.5. The summed E-state index contributed by atoms with van der Waals surface area (Å²) in [6, 6.07) is 13.9. The van der Waals surface area contributed by atoms with Gasteiger partial charge in [-0.05, 0) is 48.0 Å². The van der Waals surface area contributed by atoms with Crippen LogP contribution in [0.15, 0.2) is 54.6 Å². The van der Waals surface area contributed by atoms with Crippen LogP contribution in [-0.4, -0.2) is 68.6 Å². The third kappa shape index (κ3) is 6.39. The van der Waals surface area contributed by atoms with Gasteiger partial charge < -0.3 is 24.0 Å². The van der Waals surface area contributed by atoms with E-state index in [0.29, 0.717) is 36.8 Å². The van der Waals surface area contributed by atoms with Gasteiger partial charge in [-0.25, -0.2) is 4.79 Å². The summed E-state index contributed by atoms with van der Waals surface area (Å²) >= 11 is 5.90. The molecule has 0 aliphatic carbocycles. The van der Waals surface area contributed by atoms with Crippen LogP contribution in [-0.2, 0) is 23.8 Å². The molecule has 2 aromatic rings. The van der Waals surface area contributed by atoms with Gasteiger partial charge in [0.15, 0.2) is 6.23 Å². The molecule has 0 saturated carbocycles. The molecule has 2 heterocycles. The number of benzene rings is 2. The van der Waals surface area contributed by atoms with Crippen LogP contribution in [0.2, 0.25) is 5.02 Å². The summed E-state index contributed by atoms with van der Waals surface area (Å²) in [4.78, 5) is 40.5. The summed E-state index contributed by atoms with van der Waals surface area (Å²) in [5, 5.41) is 3.28. The molecule has 4 rings (SSSR count). The molecule has 0 bridgehead atoms. The van der Waals surface area contributed by atoms with Gasteiger partial charge in [-0.15, -0.1) is 0 Å². The minimum absolute atomic E-state index is 0.0558. The minimum Gasteiger partial charge on any atom is -0.425 e. The van der Waals surface area contributed by atoms with Gasteiger partial charge in [-0.2, -0.15) is 0 Å². The largest absolute Gasteiger partial charge is 0.425 e. The highest BCUT2D eigenvalue weighted by Crippen LogP contribution is 2.24. The Hall–Kier alpha value is -3.40. The van der Waals surface area contributed by atoms with Crippen LogP contribution in [0.25, 0.3) is 6.08 Å². The molecule has 0 aromatic heterocycles. The maximum Gasteiger partial charge on any atom is 0.413 e. The van der Waals surface area contributed by atoms with Crippen molar-refractivity contribution in [2.75, 3.05) is 43.6 Å². The summed E-state index contributed by atoms with van der Waals surface area (Å²) < 4.78 is 16.1. The van der Waals surface area contributed by atoms with Crippen LogP contribution in [0.1, 0.15) is 12.0 Å². The Bertz CT molecular complexity index is 1090. The van der Waals surface area contributed by atoms with E-state index >= 15 is 0 Å². The van der Waals surface area contributed by atoms with Gasteiger partial charge in [0.1, 0.15) is 6.61 Å². The zero-order valence-corrected chi connectivity index (χ0v) is 19.9. The quantitative estimate of drug-likeness (QED) is 0.611. The van der Waals surface area contributed by atoms with E-state index in [2.05, 4.69) is 5.32 Å². The van der Waals surface area contributed by atoms with E-state index in [9.17, 15) is 14.4 Å². The lowest BCUT2D eigenvalue weighted by atomic mass is 10.2. The predicted molar refractivity (Wildman–Crippen MR) is 131 cm³/mol. The second-order valence-corrected chi connectivity index (χ2v) is 8.54. The second-order valence-electron chi connectivity index (χ2n) is 8.10. The number of methoxy groups -OCH3 is 1. The molecule has 2 aliphatic heterocycles. The van der Waals surface area contributed by atoms with Crippen molar-refractivity contribution >= 4 is 47.0 Å². The zero-order valence-electron chi connectivity index (χ0n) is 19.2. The number of hydrogen-bond donors (Lipinski definition) is 1. The van der Waals surface area contributed by atoms with Gasteiger partial charge in [-0.1, -0.05) is 23.7 Å². The molecule has 2 aromatic carbocycles. The molecule has 0 radical (unpaired) electrons. The number of hydrogen-bond acceptors (Lipinski definition) is 6. The average molecular weight is 500 g/mol. The van der Waals surface area contributed by atoms with Crippen LogP contribution in [0.5, 0.6) is 0 Å². The van der Waals surface area contributed by atoms with Gasteiger partial charge in [0.2, 0.25) is 5.91 Å². The van der Waals surface area contributed by atoms with Gasteiger partial charge in [-0.3, -0.25) is 14.9 Å². The standard InChI is InChI=1S/C25H26ClN3O6/c1-33-21-14-24(29(15-21)22(30)11-4-17-2-5-18(26)6-3-17)35-25(32)27-19-7-9-20(10-8-19)28-12-13-34-16-23(28)31/h2-11,21,24H,12-16H2,1H3,(H,27,32)/b11-4+/t21-,24-/m1/s1. The zero-order chi connectivity index (χ0) is 24.8. The highest BCUT2D eigenvalue weighted by molar-refractivity contribution is 6.30. The fraction of sp³-hybridized carbons (Fsp3) is 0.320. The molecule has 2 fully saturated rings. The van der Waals surface area contributed by atoms with E-state index in [1.54, 1.807) is 66.6 Å². The van der Waals surface area contributed by atoms with Crippen molar-refractivity contribution in [3.8, 4) is 0 Å². The molecule has 2 atom stereocenters. The molecule has 0 unspecified atom stereocenters. The van der Waals surface area contributed by atoms with Gasteiger partial charge in [0.25, 0.3) is 5.91 Å². The normalized spacial score (nSPS) is 20.3. The molecule has 1 N–H and O–H groups in total. The Kier molecular flexibility index (Phi) is 8.02. The first-order valence-electron chi connectivity index (χ1n) is 11.2. The van der Waals surface area contributed by atoms with Crippen molar-refractivity contribution in [1.29, 1.82) is 0 Å². The summed E-state index contributed by atoms with van der Waals surface area (Å²) in [5.41, 5.74) is 2.05. The predicted octanol–water partition coefficient (Wildman–Crippen LogP) is 3.54. The Morgan fingerprint density at radius 2 is 1.89 bits per heavy atom. The van der Waals surface area contributed by atoms with Crippen molar-refractivity contribution in [3.05, 3.63) is 65.2 Å². The summed E-state index contributed by atoms with van der Waals surface area (Å²) in [6.45, 7) is 1.32. The minimum atomic E-state index is -0.771. The summed E-state index contributed by atoms with van der Waals surface area (Å²) in [5.74, 6) is -0.406. The SMILES string of the molecule is CO[C@@H]1C[C@@H](OC(=O)Nc2ccc(N3CCOCC3=O)cc2)N(C(=O)/C=C/c2ccc(Cl)cc2)C1. The molecule has 9 nitrogen and oxygen atoms in total. The molecular weight excluding hydrogens is 474 g/mol. The Balaban J connectivity index is 1.36. The third-order valence-electron chi connectivity index (χ3n) is 5.77. The smallest absolute Gasteiger partial charge is 0.413 e. The third-order valence-corrected chi connectivity index (χ3v) is 6.02. The number of morpholine rings is 1. The number of halogens is 1. The van der Waals surface area contributed by atoms with Crippen molar-refractivity contribution in [2.45, 2.75) is 18.8 Å². The van der Waals surface area contributed by atoms with Gasteiger partial charge in [0.05, 0.1) is 19.3 Å². The number of amides is 3. The average Bonchev–Trinajstić information content (AvgIpc) is 3.27. The number of rotatable bonds is 6. The van der Waals surface area contributed by atoms with Crippen LogP contribution in [0.3, 0.4) is 0 Å². The Morgan fingerprint density at radius 1 is 1.14 bits per heavy atom. The number of likely N-dealkylation sites (tertiary alicyclic amines) is 1. The maximum absolute atomic E-state index is 12.8. The van der Waals surface area contributed by atoms with E-state index in [1.807, 2.05) is 0 Å². The van der Waals surface area contributed by atoms with Crippen molar-refractivity contribution in [2.24, 2.45) is 0 Å². The van der Waals surface area contributed by atoms with Crippen LogP contribution >= 0.6 is 11.6 Å². The molecular formula is C25H26ClN3O6.